The predicted molar refractivity (Wildman–Crippen MR) is 116 cm³/mol. The number of H-pyrrole nitrogens is 1. The van der Waals surface area contributed by atoms with Crippen LogP contribution in [0.4, 0.5) is 14.6 Å². The van der Waals surface area contributed by atoms with E-state index in [-0.39, 0.29) is 12.4 Å². The minimum atomic E-state index is -0.871. The second-order valence-electron chi connectivity index (χ2n) is 7.42. The third-order valence-electron chi connectivity index (χ3n) is 5.42. The fraction of sp³-hybridized carbons (Fsp3) is 0.130. The molecule has 0 unspecified atom stereocenters. The Morgan fingerprint density at radius 3 is 2.56 bits per heavy atom. The van der Waals surface area contributed by atoms with Crippen molar-refractivity contribution in [3.8, 4) is 11.5 Å². The first-order valence-corrected chi connectivity index (χ1v) is 10.0. The van der Waals surface area contributed by atoms with Gasteiger partial charge in [-0.1, -0.05) is 24.3 Å². The number of hydrogen-bond acceptors (Lipinski definition) is 5. The van der Waals surface area contributed by atoms with Gasteiger partial charge < -0.3 is 15.6 Å². The molecule has 0 fully saturated rings. The van der Waals surface area contributed by atoms with Crippen molar-refractivity contribution in [2.24, 2.45) is 0 Å². The molecule has 0 bridgehead atoms. The van der Waals surface area contributed by atoms with Crippen LogP contribution in [0.25, 0.3) is 28.1 Å². The van der Waals surface area contributed by atoms with Crippen LogP contribution in [0.15, 0.2) is 54.7 Å². The van der Waals surface area contributed by atoms with Gasteiger partial charge in [-0.2, -0.15) is 0 Å². The Bertz CT molecular complexity index is 1330. The fourth-order valence-corrected chi connectivity index (χ4v) is 3.74. The summed E-state index contributed by atoms with van der Waals surface area (Å²) in [6.45, 7) is 0.498. The summed E-state index contributed by atoms with van der Waals surface area (Å²) >= 11 is 0. The quantitative estimate of drug-likeness (QED) is 0.513. The molecule has 2 aromatic carbocycles. The van der Waals surface area contributed by atoms with E-state index >= 15 is 0 Å². The normalized spacial score (nSPS) is 13.9. The Labute approximate surface area is 181 Å². The number of aromatic amines is 1. The molecule has 4 aromatic rings. The first-order chi connectivity index (χ1) is 15.5. The minimum absolute atomic E-state index is 0.202. The number of benzene rings is 2. The molecule has 7 nitrogen and oxygen atoms in total. The van der Waals surface area contributed by atoms with Crippen LogP contribution in [0.5, 0.6) is 0 Å². The number of imidazole rings is 1. The lowest BCUT2D eigenvalue weighted by Gasteiger charge is -2.26. The summed E-state index contributed by atoms with van der Waals surface area (Å²) in [5, 5.41) is 0. The zero-order valence-corrected chi connectivity index (χ0v) is 16.8. The zero-order valence-electron chi connectivity index (χ0n) is 16.8. The maximum absolute atomic E-state index is 14.0. The van der Waals surface area contributed by atoms with Gasteiger partial charge >= 0.3 is 0 Å². The summed E-state index contributed by atoms with van der Waals surface area (Å²) in [6, 6.07) is 11.0. The number of para-hydroxylation sites is 2. The van der Waals surface area contributed by atoms with Crippen LogP contribution in [0, 0.1) is 11.6 Å². The number of carbonyl (C=O) groups excluding carboxylic acids is 1. The van der Waals surface area contributed by atoms with E-state index in [2.05, 4.69) is 19.9 Å². The van der Waals surface area contributed by atoms with E-state index in [1.165, 1.54) is 11.0 Å². The number of nitrogens with two attached hydrogens (primary N) is 1. The Hall–Kier alpha value is -4.14. The first-order valence-electron chi connectivity index (χ1n) is 10.0. The predicted octanol–water partition coefficient (Wildman–Crippen LogP) is 3.81. The van der Waals surface area contributed by atoms with Gasteiger partial charge in [-0.3, -0.25) is 4.79 Å². The largest absolute Gasteiger partial charge is 0.382 e. The molecule has 0 spiro atoms. The highest BCUT2D eigenvalue weighted by Gasteiger charge is 2.25. The van der Waals surface area contributed by atoms with Gasteiger partial charge in [0.2, 0.25) is 0 Å². The molecule has 0 atom stereocenters. The summed E-state index contributed by atoms with van der Waals surface area (Å²) in [5.41, 5.74) is 9.08. The molecule has 0 saturated carbocycles. The molecule has 160 valence electrons. The molecule has 1 aliphatic rings. The second-order valence-corrected chi connectivity index (χ2v) is 7.42. The lowest BCUT2D eigenvalue weighted by Crippen LogP contribution is -2.35. The molecule has 0 saturated heterocycles. The average Bonchev–Trinajstić information content (AvgIpc) is 3.23. The number of rotatable bonds is 3. The molecule has 2 aromatic heterocycles. The Morgan fingerprint density at radius 1 is 1.06 bits per heavy atom. The summed E-state index contributed by atoms with van der Waals surface area (Å²) in [5.74, 6) is -1.66. The van der Waals surface area contributed by atoms with E-state index in [1.54, 1.807) is 6.20 Å². The van der Waals surface area contributed by atoms with Crippen LogP contribution in [0.1, 0.15) is 22.5 Å². The minimum Gasteiger partial charge on any atom is -0.382 e. The van der Waals surface area contributed by atoms with Crippen molar-refractivity contribution in [2.75, 3.05) is 18.8 Å². The summed E-state index contributed by atoms with van der Waals surface area (Å²) in [6.07, 6.45) is 3.84. The van der Waals surface area contributed by atoms with Gasteiger partial charge in [0, 0.05) is 13.1 Å². The first kappa shape index (κ1) is 19.8. The molecular formula is C23H18F2N6O. The molecule has 3 heterocycles. The van der Waals surface area contributed by atoms with Crippen LogP contribution in [-0.2, 0) is 0 Å². The lowest BCUT2D eigenvalue weighted by molar-refractivity contribution is 0.0763. The molecular weight excluding hydrogens is 414 g/mol. The third kappa shape index (κ3) is 3.47. The van der Waals surface area contributed by atoms with Crippen LogP contribution in [-0.4, -0.2) is 43.8 Å². The van der Waals surface area contributed by atoms with Gasteiger partial charge in [0.1, 0.15) is 22.9 Å². The maximum atomic E-state index is 14.0. The molecule has 0 aliphatic carbocycles. The van der Waals surface area contributed by atoms with Crippen molar-refractivity contribution in [1.82, 2.24) is 24.8 Å². The summed E-state index contributed by atoms with van der Waals surface area (Å²) < 4.78 is 28.0. The number of fused-ring (bicyclic) bond motifs is 1. The number of nitrogens with one attached hydrogen (secondary N) is 1. The number of nitrogen functional groups attached to an aromatic ring is 1. The molecule has 3 N–H and O–H groups in total. The monoisotopic (exact) mass is 432 g/mol. The van der Waals surface area contributed by atoms with E-state index in [0.29, 0.717) is 30.2 Å². The number of aromatic nitrogens is 4. The standard InChI is InChI=1S/C23H18F2N6O/c24-14-4-3-5-15(25)19(14)23(32)31-10-8-13(9-11-31)18-12-27-21(26)20(28-18)22-29-16-6-1-2-7-17(16)30-22/h1-8,12H,9-11H2,(H2,26,27)(H,29,30). The number of nitrogens with zero attached hydrogens (tertiary/aromatic N) is 4. The highest BCUT2D eigenvalue weighted by Crippen LogP contribution is 2.27. The van der Waals surface area contributed by atoms with Gasteiger partial charge in [-0.15, -0.1) is 0 Å². The number of halogens is 2. The highest BCUT2D eigenvalue weighted by atomic mass is 19.1. The van der Waals surface area contributed by atoms with Crippen LogP contribution < -0.4 is 5.73 Å². The number of anilines is 1. The van der Waals surface area contributed by atoms with Crippen LogP contribution >= 0.6 is 0 Å². The van der Waals surface area contributed by atoms with Crippen LogP contribution in [0.2, 0.25) is 0 Å². The zero-order chi connectivity index (χ0) is 22.2. The molecule has 5 rings (SSSR count). The van der Waals surface area contributed by atoms with Crippen molar-refractivity contribution in [1.29, 1.82) is 0 Å². The number of hydrogen-bond donors (Lipinski definition) is 2. The van der Waals surface area contributed by atoms with Crippen molar-refractivity contribution < 1.29 is 13.6 Å². The van der Waals surface area contributed by atoms with Crippen LogP contribution in [0.3, 0.4) is 0 Å². The topological polar surface area (TPSA) is 101 Å². The van der Waals surface area contributed by atoms with Gasteiger partial charge in [0.05, 0.1) is 22.9 Å². The summed E-state index contributed by atoms with van der Waals surface area (Å²) in [4.78, 5) is 30.6. The highest BCUT2D eigenvalue weighted by molar-refractivity contribution is 5.95. The van der Waals surface area contributed by atoms with Crippen molar-refractivity contribution in [2.45, 2.75) is 6.42 Å². The third-order valence-corrected chi connectivity index (χ3v) is 5.42. The van der Waals surface area contributed by atoms with Crippen molar-refractivity contribution in [3.63, 3.8) is 0 Å². The molecule has 1 amide bonds. The van der Waals surface area contributed by atoms with E-state index in [9.17, 15) is 13.6 Å². The summed E-state index contributed by atoms with van der Waals surface area (Å²) in [7, 11) is 0. The molecule has 1 aliphatic heterocycles. The van der Waals surface area contributed by atoms with Gasteiger partial charge in [0.25, 0.3) is 5.91 Å². The van der Waals surface area contributed by atoms with Gasteiger partial charge in [-0.25, -0.2) is 23.7 Å². The average molecular weight is 432 g/mol. The number of carbonyl (C=O) groups is 1. The Kier molecular flexibility index (Phi) is 4.85. The van der Waals surface area contributed by atoms with Gasteiger partial charge in [0.15, 0.2) is 11.6 Å². The van der Waals surface area contributed by atoms with E-state index in [0.717, 1.165) is 28.7 Å². The Balaban J connectivity index is 1.41. The molecule has 9 heteroatoms. The van der Waals surface area contributed by atoms with E-state index in [4.69, 9.17) is 5.73 Å². The smallest absolute Gasteiger partial charge is 0.260 e. The fourth-order valence-electron chi connectivity index (χ4n) is 3.74. The SMILES string of the molecule is Nc1ncc(C2=CCN(C(=O)c3c(F)cccc3F)CC2)nc1-c1nc2ccccc2[nH]1. The maximum Gasteiger partial charge on any atom is 0.260 e. The van der Waals surface area contributed by atoms with Crippen molar-refractivity contribution >= 4 is 28.3 Å². The Morgan fingerprint density at radius 2 is 1.84 bits per heavy atom. The number of amides is 1. The van der Waals surface area contributed by atoms with E-state index < -0.39 is 23.1 Å². The second kappa shape index (κ2) is 7.84. The molecule has 32 heavy (non-hydrogen) atoms. The van der Waals surface area contributed by atoms with Gasteiger partial charge in [-0.05, 0) is 36.3 Å². The molecule has 0 radical (unpaired) electrons. The lowest BCUT2D eigenvalue weighted by atomic mass is 10.0. The van der Waals surface area contributed by atoms with Crippen molar-refractivity contribution in [3.05, 3.63) is 77.6 Å². The van der Waals surface area contributed by atoms with E-state index in [1.807, 2.05) is 30.3 Å².